The Labute approximate surface area is 60.4 Å². The first-order valence-corrected chi connectivity index (χ1v) is 3.29. The largest absolute Gasteiger partial charge is 0.481 e. The van der Waals surface area contributed by atoms with Gasteiger partial charge < -0.3 is 16.2 Å². The highest BCUT2D eigenvalue weighted by molar-refractivity contribution is 5.66. The van der Waals surface area contributed by atoms with Gasteiger partial charge in [-0.05, 0) is 13.5 Å². The summed E-state index contributed by atoms with van der Waals surface area (Å²) in [5.74, 6) is -0.770. The average Bonchev–Trinajstić information content (AvgIpc) is 1.90. The number of carboxylic acid groups (broad SMARTS) is 1. The number of hydrogen-bond acceptors (Lipinski definition) is 3. The van der Waals surface area contributed by atoms with E-state index in [-0.39, 0.29) is 12.5 Å². The molecule has 60 valence electrons. The lowest BCUT2D eigenvalue weighted by molar-refractivity contribution is -0.137. The van der Waals surface area contributed by atoms with Gasteiger partial charge in [0.15, 0.2) is 0 Å². The zero-order valence-corrected chi connectivity index (χ0v) is 6.13. The van der Waals surface area contributed by atoms with Crippen LogP contribution < -0.4 is 11.1 Å². The van der Waals surface area contributed by atoms with Gasteiger partial charge in [-0.15, -0.1) is 0 Å². The van der Waals surface area contributed by atoms with Crippen molar-refractivity contribution in [2.75, 3.05) is 13.6 Å². The summed E-state index contributed by atoms with van der Waals surface area (Å²) in [7, 11) is 1.78. The Morgan fingerprint density at radius 1 is 1.80 bits per heavy atom. The first-order valence-electron chi connectivity index (χ1n) is 3.29. The topological polar surface area (TPSA) is 75.3 Å². The number of rotatable bonds is 5. The van der Waals surface area contributed by atoms with E-state index in [4.69, 9.17) is 10.8 Å². The Balaban J connectivity index is 3.34. The van der Waals surface area contributed by atoms with Gasteiger partial charge in [0.25, 0.3) is 0 Å². The summed E-state index contributed by atoms with van der Waals surface area (Å²) >= 11 is 0. The summed E-state index contributed by atoms with van der Waals surface area (Å²) in [6.45, 7) is 0.490. The maximum absolute atomic E-state index is 10.1. The van der Waals surface area contributed by atoms with E-state index in [9.17, 15) is 4.79 Å². The van der Waals surface area contributed by atoms with Crippen LogP contribution in [0.1, 0.15) is 12.8 Å². The summed E-state index contributed by atoms with van der Waals surface area (Å²) in [5.41, 5.74) is 5.31. The molecule has 0 aromatic rings. The molecule has 0 aliphatic carbocycles. The van der Waals surface area contributed by atoms with Crippen molar-refractivity contribution in [1.29, 1.82) is 0 Å². The minimum absolute atomic E-state index is 0.135. The highest BCUT2D eigenvalue weighted by atomic mass is 16.4. The van der Waals surface area contributed by atoms with Gasteiger partial charge in [-0.2, -0.15) is 0 Å². The molecule has 0 unspecified atom stereocenters. The molecule has 0 saturated carbocycles. The molecule has 0 aromatic carbocycles. The predicted molar refractivity (Wildman–Crippen MR) is 38.8 cm³/mol. The molecule has 4 N–H and O–H groups in total. The van der Waals surface area contributed by atoms with E-state index in [2.05, 4.69) is 5.32 Å². The van der Waals surface area contributed by atoms with Gasteiger partial charge in [0.2, 0.25) is 0 Å². The van der Waals surface area contributed by atoms with Crippen molar-refractivity contribution >= 4 is 5.97 Å². The molecule has 4 heteroatoms. The SMILES string of the molecule is CN[C@H](CN)CCC(=O)O. The van der Waals surface area contributed by atoms with Gasteiger partial charge in [-0.3, -0.25) is 4.79 Å². The van der Waals surface area contributed by atoms with Crippen LogP contribution in [0.5, 0.6) is 0 Å². The molecular formula is C6H14N2O2. The van der Waals surface area contributed by atoms with Crippen molar-refractivity contribution in [2.45, 2.75) is 18.9 Å². The van der Waals surface area contributed by atoms with E-state index in [1.807, 2.05) is 0 Å². The van der Waals surface area contributed by atoms with Gasteiger partial charge >= 0.3 is 5.97 Å². The lowest BCUT2D eigenvalue weighted by Gasteiger charge is -2.10. The van der Waals surface area contributed by atoms with Crippen LogP contribution in [-0.4, -0.2) is 30.7 Å². The Morgan fingerprint density at radius 2 is 2.40 bits per heavy atom. The first kappa shape index (κ1) is 9.39. The molecule has 0 saturated heterocycles. The third-order valence-electron chi connectivity index (χ3n) is 1.40. The number of carboxylic acids is 1. The van der Waals surface area contributed by atoms with E-state index in [0.717, 1.165) is 0 Å². The number of likely N-dealkylation sites (N-methyl/N-ethyl adjacent to an activating group) is 1. The first-order chi connectivity index (χ1) is 4.70. The highest BCUT2D eigenvalue weighted by Crippen LogP contribution is 1.93. The number of nitrogens with one attached hydrogen (secondary N) is 1. The van der Waals surface area contributed by atoms with Crippen LogP contribution in [0.2, 0.25) is 0 Å². The molecule has 0 aliphatic heterocycles. The van der Waals surface area contributed by atoms with Gasteiger partial charge in [0.1, 0.15) is 0 Å². The van der Waals surface area contributed by atoms with Gasteiger partial charge in [-0.1, -0.05) is 0 Å². The van der Waals surface area contributed by atoms with Crippen LogP contribution in [0.3, 0.4) is 0 Å². The van der Waals surface area contributed by atoms with Crippen molar-refractivity contribution in [1.82, 2.24) is 5.32 Å². The molecule has 0 bridgehead atoms. The molecular weight excluding hydrogens is 132 g/mol. The molecule has 0 fully saturated rings. The Kier molecular flexibility index (Phi) is 4.88. The zero-order valence-electron chi connectivity index (χ0n) is 6.13. The van der Waals surface area contributed by atoms with Crippen LogP contribution in [0.25, 0.3) is 0 Å². The number of aliphatic carboxylic acids is 1. The van der Waals surface area contributed by atoms with E-state index >= 15 is 0 Å². The number of hydrogen-bond donors (Lipinski definition) is 3. The Bertz CT molecular complexity index is 102. The molecule has 10 heavy (non-hydrogen) atoms. The van der Waals surface area contributed by atoms with Crippen LogP contribution in [-0.2, 0) is 4.79 Å². The summed E-state index contributed by atoms with van der Waals surface area (Å²) in [6.07, 6.45) is 0.783. The van der Waals surface area contributed by atoms with Crippen LogP contribution in [0.15, 0.2) is 0 Å². The Hall–Kier alpha value is -0.610. The molecule has 4 nitrogen and oxygen atoms in total. The van der Waals surface area contributed by atoms with E-state index in [0.29, 0.717) is 13.0 Å². The molecule has 0 rings (SSSR count). The smallest absolute Gasteiger partial charge is 0.303 e. The maximum Gasteiger partial charge on any atom is 0.303 e. The fraction of sp³-hybridized carbons (Fsp3) is 0.833. The van der Waals surface area contributed by atoms with Crippen molar-refractivity contribution in [3.05, 3.63) is 0 Å². The minimum atomic E-state index is -0.770. The summed E-state index contributed by atoms with van der Waals surface area (Å²) in [5, 5.41) is 11.2. The molecule has 0 spiro atoms. The number of carbonyl (C=O) groups is 1. The fourth-order valence-electron chi connectivity index (χ4n) is 0.678. The van der Waals surface area contributed by atoms with Crippen molar-refractivity contribution < 1.29 is 9.90 Å². The van der Waals surface area contributed by atoms with Crippen LogP contribution in [0, 0.1) is 0 Å². The van der Waals surface area contributed by atoms with E-state index in [1.54, 1.807) is 7.05 Å². The third-order valence-corrected chi connectivity index (χ3v) is 1.40. The van der Waals surface area contributed by atoms with Gasteiger partial charge in [-0.25, -0.2) is 0 Å². The average molecular weight is 146 g/mol. The minimum Gasteiger partial charge on any atom is -0.481 e. The molecule has 0 amide bonds. The monoisotopic (exact) mass is 146 g/mol. The second-order valence-electron chi connectivity index (χ2n) is 2.15. The lowest BCUT2D eigenvalue weighted by atomic mass is 10.1. The van der Waals surface area contributed by atoms with Gasteiger partial charge in [0.05, 0.1) is 0 Å². The van der Waals surface area contributed by atoms with Crippen molar-refractivity contribution in [3.63, 3.8) is 0 Å². The maximum atomic E-state index is 10.1. The molecule has 0 heterocycles. The van der Waals surface area contributed by atoms with Crippen LogP contribution >= 0.6 is 0 Å². The molecule has 0 aromatic heterocycles. The highest BCUT2D eigenvalue weighted by Gasteiger charge is 2.04. The lowest BCUT2D eigenvalue weighted by Crippen LogP contribution is -2.33. The van der Waals surface area contributed by atoms with Crippen molar-refractivity contribution in [3.8, 4) is 0 Å². The second-order valence-corrected chi connectivity index (χ2v) is 2.15. The Morgan fingerprint density at radius 3 is 2.70 bits per heavy atom. The van der Waals surface area contributed by atoms with Crippen LogP contribution in [0.4, 0.5) is 0 Å². The second kappa shape index (κ2) is 5.20. The predicted octanol–water partition coefficient (Wildman–Crippen LogP) is -0.602. The molecule has 0 aliphatic rings. The summed E-state index contributed by atoms with van der Waals surface area (Å²) in [4.78, 5) is 10.1. The fourth-order valence-corrected chi connectivity index (χ4v) is 0.678. The quantitative estimate of drug-likeness (QED) is 0.484. The third kappa shape index (κ3) is 4.29. The van der Waals surface area contributed by atoms with Gasteiger partial charge in [0, 0.05) is 19.0 Å². The molecule has 0 radical (unpaired) electrons. The molecule has 1 atom stereocenters. The standard InChI is InChI=1S/C6H14N2O2/c1-8-5(4-7)2-3-6(9)10/h5,8H,2-4,7H2,1H3,(H,9,10)/t5-/m0/s1. The zero-order chi connectivity index (χ0) is 7.98. The summed E-state index contributed by atoms with van der Waals surface area (Å²) < 4.78 is 0. The van der Waals surface area contributed by atoms with E-state index in [1.165, 1.54) is 0 Å². The van der Waals surface area contributed by atoms with Crippen molar-refractivity contribution in [2.24, 2.45) is 5.73 Å². The normalized spacial score (nSPS) is 13.0. The van der Waals surface area contributed by atoms with E-state index < -0.39 is 5.97 Å². The summed E-state index contributed by atoms with van der Waals surface area (Å²) in [6, 6.07) is 0.135. The number of nitrogens with two attached hydrogens (primary N) is 1.